The first-order valence-electron chi connectivity index (χ1n) is 8.27. The molecule has 128 valence electrons. The molecule has 0 saturated carbocycles. The molecule has 1 aromatic carbocycles. The number of benzene rings is 1. The van der Waals surface area contributed by atoms with Gasteiger partial charge >= 0.3 is 0 Å². The van der Waals surface area contributed by atoms with Crippen LogP contribution in [0.3, 0.4) is 0 Å². The lowest BCUT2D eigenvalue weighted by atomic mass is 9.93. The fraction of sp³-hybridized carbons (Fsp3) is 0.444. The van der Waals surface area contributed by atoms with E-state index in [9.17, 15) is 4.79 Å². The summed E-state index contributed by atoms with van der Waals surface area (Å²) >= 11 is 0. The van der Waals surface area contributed by atoms with Crippen molar-refractivity contribution in [3.8, 4) is 11.5 Å². The fourth-order valence-corrected chi connectivity index (χ4v) is 3.08. The number of methoxy groups -OCH3 is 1. The zero-order chi connectivity index (χ0) is 16.8. The quantitative estimate of drug-likeness (QED) is 0.883. The minimum Gasteiger partial charge on any atom is -0.497 e. The van der Waals surface area contributed by atoms with Crippen LogP contribution in [0, 0.1) is 5.92 Å². The number of nitrogens with one attached hydrogen (secondary N) is 1. The molecule has 1 atom stereocenters. The van der Waals surface area contributed by atoms with Gasteiger partial charge in [0.1, 0.15) is 11.5 Å². The van der Waals surface area contributed by atoms with Crippen LogP contribution in [0.4, 0.5) is 0 Å². The van der Waals surface area contributed by atoms with E-state index < -0.39 is 0 Å². The maximum absolute atomic E-state index is 12.4. The molecule has 6 nitrogen and oxygen atoms in total. The molecule has 1 N–H and O–H groups in total. The van der Waals surface area contributed by atoms with Crippen LogP contribution >= 0.6 is 0 Å². The summed E-state index contributed by atoms with van der Waals surface area (Å²) in [5.41, 5.74) is 1.13. The van der Waals surface area contributed by atoms with Gasteiger partial charge in [0, 0.05) is 25.0 Å². The summed E-state index contributed by atoms with van der Waals surface area (Å²) in [5.74, 6) is 1.96. The van der Waals surface area contributed by atoms with Crippen molar-refractivity contribution >= 4 is 5.91 Å². The molecule has 6 heteroatoms. The summed E-state index contributed by atoms with van der Waals surface area (Å²) in [7, 11) is 1.62. The van der Waals surface area contributed by atoms with Gasteiger partial charge in [-0.1, -0.05) is 0 Å². The van der Waals surface area contributed by atoms with Crippen molar-refractivity contribution in [3.63, 3.8) is 0 Å². The summed E-state index contributed by atoms with van der Waals surface area (Å²) in [6.45, 7) is 1.66. The fourth-order valence-electron chi connectivity index (χ4n) is 3.08. The highest BCUT2D eigenvalue weighted by Crippen LogP contribution is 2.21. The molecule has 1 amide bonds. The molecule has 1 aliphatic heterocycles. The number of piperidine rings is 1. The second kappa shape index (κ2) is 7.86. The normalized spacial score (nSPS) is 17.5. The number of hydrogen-bond acceptors (Lipinski definition) is 4. The summed E-state index contributed by atoms with van der Waals surface area (Å²) in [6, 6.07) is 9.25. The van der Waals surface area contributed by atoms with E-state index in [4.69, 9.17) is 9.47 Å². The van der Waals surface area contributed by atoms with Crippen LogP contribution in [0.2, 0.25) is 0 Å². The Morgan fingerprint density at radius 1 is 1.29 bits per heavy atom. The molecule has 1 aromatic heterocycles. The van der Waals surface area contributed by atoms with E-state index in [1.807, 2.05) is 35.2 Å². The second-order valence-electron chi connectivity index (χ2n) is 6.10. The molecule has 24 heavy (non-hydrogen) atoms. The number of H-pyrrole nitrogens is 1. The third-order valence-electron chi connectivity index (χ3n) is 4.36. The number of aromatic nitrogens is 2. The third kappa shape index (κ3) is 4.28. The topological polar surface area (TPSA) is 67.5 Å². The van der Waals surface area contributed by atoms with E-state index in [2.05, 4.69) is 10.2 Å². The van der Waals surface area contributed by atoms with Crippen molar-refractivity contribution < 1.29 is 14.3 Å². The predicted molar refractivity (Wildman–Crippen MR) is 90.1 cm³/mol. The molecule has 0 bridgehead atoms. The molecule has 1 saturated heterocycles. The number of carbonyl (C=O) groups excluding carboxylic acids is 1. The maximum Gasteiger partial charge on any atom is 0.260 e. The van der Waals surface area contributed by atoms with Crippen molar-refractivity contribution in [3.05, 3.63) is 42.2 Å². The lowest BCUT2D eigenvalue weighted by Gasteiger charge is -2.32. The molecule has 0 spiro atoms. The smallest absolute Gasteiger partial charge is 0.260 e. The van der Waals surface area contributed by atoms with Crippen molar-refractivity contribution in [2.45, 2.75) is 19.3 Å². The average Bonchev–Trinajstić information content (AvgIpc) is 3.13. The summed E-state index contributed by atoms with van der Waals surface area (Å²) in [4.78, 5) is 14.3. The highest BCUT2D eigenvalue weighted by molar-refractivity contribution is 5.77. The van der Waals surface area contributed by atoms with Crippen molar-refractivity contribution in [1.29, 1.82) is 0 Å². The van der Waals surface area contributed by atoms with Gasteiger partial charge < -0.3 is 14.4 Å². The van der Waals surface area contributed by atoms with Crippen LogP contribution in [-0.4, -0.2) is 47.8 Å². The monoisotopic (exact) mass is 329 g/mol. The molecule has 1 fully saturated rings. The van der Waals surface area contributed by atoms with Gasteiger partial charge in [-0.2, -0.15) is 5.10 Å². The SMILES string of the molecule is COc1ccc(OCC(=O)N2CCC[C@H](Cc3ccn[nH]3)C2)cc1. The van der Waals surface area contributed by atoms with Crippen molar-refractivity contribution in [2.75, 3.05) is 26.8 Å². The van der Waals surface area contributed by atoms with Crippen LogP contribution in [0.5, 0.6) is 11.5 Å². The summed E-state index contributed by atoms with van der Waals surface area (Å²) < 4.78 is 10.7. The van der Waals surface area contributed by atoms with Crippen LogP contribution in [0.15, 0.2) is 36.5 Å². The maximum atomic E-state index is 12.4. The van der Waals surface area contributed by atoms with Gasteiger partial charge in [0.05, 0.1) is 7.11 Å². The number of hydrogen-bond donors (Lipinski definition) is 1. The van der Waals surface area contributed by atoms with Crippen LogP contribution in [0.1, 0.15) is 18.5 Å². The first-order valence-corrected chi connectivity index (χ1v) is 8.27. The molecule has 0 unspecified atom stereocenters. The first-order chi connectivity index (χ1) is 11.7. The molecular formula is C18H23N3O3. The van der Waals surface area contributed by atoms with E-state index in [1.165, 1.54) is 0 Å². The zero-order valence-corrected chi connectivity index (χ0v) is 13.9. The van der Waals surface area contributed by atoms with Gasteiger partial charge in [-0.25, -0.2) is 0 Å². The Labute approximate surface area is 141 Å². The van der Waals surface area contributed by atoms with E-state index in [-0.39, 0.29) is 12.5 Å². The largest absolute Gasteiger partial charge is 0.497 e. The van der Waals surface area contributed by atoms with Crippen LogP contribution in [-0.2, 0) is 11.2 Å². The Hall–Kier alpha value is -2.50. The zero-order valence-electron chi connectivity index (χ0n) is 13.9. The Balaban J connectivity index is 1.48. The number of likely N-dealkylation sites (tertiary alicyclic amines) is 1. The van der Waals surface area contributed by atoms with Crippen molar-refractivity contribution in [2.24, 2.45) is 5.92 Å². The first kappa shape index (κ1) is 16.4. The van der Waals surface area contributed by atoms with E-state index >= 15 is 0 Å². The average molecular weight is 329 g/mol. The Bertz CT molecular complexity index is 640. The van der Waals surface area contributed by atoms with Gasteiger partial charge in [0.25, 0.3) is 5.91 Å². The highest BCUT2D eigenvalue weighted by Gasteiger charge is 2.24. The standard InChI is InChI=1S/C18H23N3O3/c1-23-16-4-6-17(7-5-16)24-13-18(22)21-10-2-3-14(12-21)11-15-8-9-19-20-15/h4-9,14H,2-3,10-13H2,1H3,(H,19,20)/t14-/m1/s1. The van der Waals surface area contributed by atoms with Crippen LogP contribution in [0.25, 0.3) is 0 Å². The number of carbonyl (C=O) groups is 1. The molecule has 0 radical (unpaired) electrons. The number of rotatable bonds is 6. The van der Waals surface area contributed by atoms with E-state index in [1.54, 1.807) is 13.3 Å². The van der Waals surface area contributed by atoms with Gasteiger partial charge in [-0.15, -0.1) is 0 Å². The summed E-state index contributed by atoms with van der Waals surface area (Å²) in [6.07, 6.45) is 4.88. The predicted octanol–water partition coefficient (Wildman–Crippen LogP) is 2.28. The minimum absolute atomic E-state index is 0.0418. The molecule has 0 aliphatic carbocycles. The Kier molecular flexibility index (Phi) is 5.36. The van der Waals surface area contributed by atoms with Gasteiger partial charge in [0.2, 0.25) is 0 Å². The lowest BCUT2D eigenvalue weighted by molar-refractivity contribution is -0.135. The van der Waals surface area contributed by atoms with E-state index in [0.717, 1.165) is 43.8 Å². The summed E-state index contributed by atoms with van der Waals surface area (Å²) in [5, 5.41) is 6.98. The number of amides is 1. The van der Waals surface area contributed by atoms with Gasteiger partial charge in [0.15, 0.2) is 6.61 Å². The Morgan fingerprint density at radius 3 is 2.79 bits per heavy atom. The molecule has 1 aliphatic rings. The van der Waals surface area contributed by atoms with Gasteiger partial charge in [-0.05, 0) is 55.5 Å². The lowest BCUT2D eigenvalue weighted by Crippen LogP contribution is -2.42. The third-order valence-corrected chi connectivity index (χ3v) is 4.36. The highest BCUT2D eigenvalue weighted by atomic mass is 16.5. The van der Waals surface area contributed by atoms with Gasteiger partial charge in [-0.3, -0.25) is 9.89 Å². The number of aromatic amines is 1. The molecule has 2 aromatic rings. The van der Waals surface area contributed by atoms with Crippen LogP contribution < -0.4 is 9.47 Å². The second-order valence-corrected chi connectivity index (χ2v) is 6.10. The van der Waals surface area contributed by atoms with Crippen molar-refractivity contribution in [1.82, 2.24) is 15.1 Å². The molecule has 2 heterocycles. The molecule has 3 rings (SSSR count). The Morgan fingerprint density at radius 2 is 2.08 bits per heavy atom. The number of nitrogens with zero attached hydrogens (tertiary/aromatic N) is 2. The minimum atomic E-state index is 0.0418. The molecular weight excluding hydrogens is 306 g/mol. The number of ether oxygens (including phenoxy) is 2. The van der Waals surface area contributed by atoms with E-state index in [0.29, 0.717) is 11.7 Å².